The minimum absolute atomic E-state index is 0.00116. The third kappa shape index (κ3) is 2.19. The van der Waals surface area contributed by atoms with Crippen LogP contribution in [0, 0.1) is 0 Å². The zero-order chi connectivity index (χ0) is 11.5. The van der Waals surface area contributed by atoms with E-state index in [2.05, 4.69) is 0 Å². The Bertz CT molecular complexity index is 281. The second kappa shape index (κ2) is 4.82. The second-order valence-electron chi connectivity index (χ2n) is 4.46. The number of likely N-dealkylation sites (tertiary alicyclic amines) is 1. The van der Waals surface area contributed by atoms with Crippen molar-refractivity contribution in [1.29, 1.82) is 0 Å². The molecule has 1 N–H and O–H groups in total. The lowest BCUT2D eigenvalue weighted by molar-refractivity contribution is -0.110. The molecule has 16 heavy (non-hydrogen) atoms. The van der Waals surface area contributed by atoms with E-state index in [0.29, 0.717) is 13.0 Å². The van der Waals surface area contributed by atoms with Gasteiger partial charge in [-0.05, 0) is 25.7 Å². The molecule has 2 fully saturated rings. The van der Waals surface area contributed by atoms with Crippen molar-refractivity contribution in [3.05, 3.63) is 0 Å². The molecule has 2 saturated heterocycles. The average Bonchev–Trinajstić information content (AvgIpc) is 2.83. The normalized spacial score (nSPS) is 34.2. The fourth-order valence-corrected chi connectivity index (χ4v) is 2.71. The first-order chi connectivity index (χ1) is 7.72. The molecule has 2 aliphatic heterocycles. The van der Waals surface area contributed by atoms with E-state index in [-0.39, 0.29) is 18.2 Å². The number of rotatable bonds is 3. The van der Waals surface area contributed by atoms with Crippen molar-refractivity contribution in [1.82, 2.24) is 4.90 Å². The predicted octanol–water partition coefficient (Wildman–Crippen LogP) is 1.27. The van der Waals surface area contributed by atoms with E-state index in [9.17, 15) is 9.59 Å². The maximum absolute atomic E-state index is 11.0. The molecule has 0 aromatic carbocycles. The highest BCUT2D eigenvalue weighted by Gasteiger charge is 2.39. The highest BCUT2D eigenvalue weighted by atomic mass is 16.5. The fraction of sp³-hybridized carbons (Fsp3) is 0.818. The molecule has 0 aliphatic carbocycles. The maximum Gasteiger partial charge on any atom is 0.407 e. The Labute approximate surface area is 94.4 Å². The quantitative estimate of drug-likeness (QED) is 0.737. The van der Waals surface area contributed by atoms with Crippen molar-refractivity contribution in [3.63, 3.8) is 0 Å². The molecule has 2 aliphatic rings. The van der Waals surface area contributed by atoms with Gasteiger partial charge in [-0.15, -0.1) is 0 Å². The highest BCUT2D eigenvalue weighted by molar-refractivity contribution is 5.65. The third-order valence-electron chi connectivity index (χ3n) is 3.47. The van der Waals surface area contributed by atoms with Gasteiger partial charge in [0, 0.05) is 13.0 Å². The lowest BCUT2D eigenvalue weighted by Gasteiger charge is -2.26. The van der Waals surface area contributed by atoms with Crippen LogP contribution in [0.4, 0.5) is 4.79 Å². The molecule has 5 nitrogen and oxygen atoms in total. The van der Waals surface area contributed by atoms with Crippen molar-refractivity contribution < 1.29 is 19.4 Å². The van der Waals surface area contributed by atoms with Gasteiger partial charge in [-0.25, -0.2) is 4.79 Å². The van der Waals surface area contributed by atoms with Gasteiger partial charge in [-0.3, -0.25) is 0 Å². The van der Waals surface area contributed by atoms with Crippen LogP contribution in [0.15, 0.2) is 0 Å². The smallest absolute Gasteiger partial charge is 0.407 e. The number of carboxylic acid groups (broad SMARTS) is 1. The van der Waals surface area contributed by atoms with E-state index in [1.54, 1.807) is 0 Å². The van der Waals surface area contributed by atoms with E-state index in [0.717, 1.165) is 32.0 Å². The Morgan fingerprint density at radius 1 is 1.44 bits per heavy atom. The van der Waals surface area contributed by atoms with Crippen LogP contribution in [-0.4, -0.2) is 47.2 Å². The van der Waals surface area contributed by atoms with Crippen molar-refractivity contribution in [2.24, 2.45) is 0 Å². The van der Waals surface area contributed by atoms with E-state index in [1.807, 2.05) is 0 Å². The van der Waals surface area contributed by atoms with Crippen LogP contribution >= 0.6 is 0 Å². The molecule has 0 bridgehead atoms. The third-order valence-corrected chi connectivity index (χ3v) is 3.47. The van der Waals surface area contributed by atoms with Gasteiger partial charge >= 0.3 is 6.09 Å². The Kier molecular flexibility index (Phi) is 3.43. The van der Waals surface area contributed by atoms with Gasteiger partial charge in [0.05, 0.1) is 18.2 Å². The first kappa shape index (κ1) is 11.4. The van der Waals surface area contributed by atoms with Crippen molar-refractivity contribution in [2.75, 3.05) is 6.54 Å². The number of aldehydes is 1. The summed E-state index contributed by atoms with van der Waals surface area (Å²) in [5.74, 6) is 0. The summed E-state index contributed by atoms with van der Waals surface area (Å²) >= 11 is 0. The molecule has 3 atom stereocenters. The number of nitrogens with zero attached hydrogens (tertiary/aromatic N) is 1. The molecule has 0 saturated carbocycles. The van der Waals surface area contributed by atoms with Crippen LogP contribution in [0.2, 0.25) is 0 Å². The first-order valence-corrected chi connectivity index (χ1v) is 5.81. The topological polar surface area (TPSA) is 66.8 Å². The number of amides is 1. The second-order valence-corrected chi connectivity index (χ2v) is 4.46. The average molecular weight is 227 g/mol. The van der Waals surface area contributed by atoms with E-state index >= 15 is 0 Å². The van der Waals surface area contributed by atoms with Crippen LogP contribution in [0.25, 0.3) is 0 Å². The van der Waals surface area contributed by atoms with Crippen molar-refractivity contribution in [2.45, 2.75) is 50.4 Å². The van der Waals surface area contributed by atoms with E-state index in [1.165, 1.54) is 4.90 Å². The number of carbonyl (C=O) groups is 2. The van der Waals surface area contributed by atoms with Gasteiger partial charge < -0.3 is 19.5 Å². The molecule has 2 rings (SSSR count). The van der Waals surface area contributed by atoms with Crippen LogP contribution in [0.5, 0.6) is 0 Å². The predicted molar refractivity (Wildman–Crippen MR) is 56.3 cm³/mol. The molecule has 0 radical (unpaired) electrons. The molecule has 0 aromatic heterocycles. The monoisotopic (exact) mass is 227 g/mol. The number of ether oxygens (including phenoxy) is 1. The summed E-state index contributed by atoms with van der Waals surface area (Å²) in [6.07, 6.45) is 3.96. The molecule has 2 heterocycles. The van der Waals surface area contributed by atoms with Crippen LogP contribution in [-0.2, 0) is 9.53 Å². The summed E-state index contributed by atoms with van der Waals surface area (Å²) in [4.78, 5) is 22.8. The van der Waals surface area contributed by atoms with Gasteiger partial charge in [-0.2, -0.15) is 0 Å². The Morgan fingerprint density at radius 3 is 2.94 bits per heavy atom. The number of carbonyl (C=O) groups excluding carboxylic acids is 1. The molecular formula is C11H17NO4. The lowest BCUT2D eigenvalue weighted by atomic mass is 10.0. The molecule has 0 aromatic rings. The van der Waals surface area contributed by atoms with Gasteiger partial charge in [0.15, 0.2) is 0 Å². The molecule has 5 heteroatoms. The Morgan fingerprint density at radius 2 is 2.25 bits per heavy atom. The number of hydrogen-bond acceptors (Lipinski definition) is 3. The Balaban J connectivity index is 1.93. The van der Waals surface area contributed by atoms with Gasteiger partial charge in [0.25, 0.3) is 0 Å². The Hall–Kier alpha value is -1.10. The van der Waals surface area contributed by atoms with Gasteiger partial charge in [0.1, 0.15) is 6.29 Å². The van der Waals surface area contributed by atoms with Crippen LogP contribution in [0.3, 0.4) is 0 Å². The summed E-state index contributed by atoms with van der Waals surface area (Å²) in [6.45, 7) is 0.609. The summed E-state index contributed by atoms with van der Waals surface area (Å²) in [5.41, 5.74) is 0. The molecule has 0 spiro atoms. The van der Waals surface area contributed by atoms with Gasteiger partial charge in [0.2, 0.25) is 0 Å². The molecular weight excluding hydrogens is 210 g/mol. The maximum atomic E-state index is 11.0. The molecule has 2 unspecified atom stereocenters. The minimum atomic E-state index is -0.857. The molecule has 90 valence electrons. The number of hydrogen-bond donors (Lipinski definition) is 1. The van der Waals surface area contributed by atoms with Crippen LogP contribution in [0.1, 0.15) is 32.1 Å². The summed E-state index contributed by atoms with van der Waals surface area (Å²) in [6, 6.07) is -0.00541. The van der Waals surface area contributed by atoms with Crippen molar-refractivity contribution >= 4 is 12.4 Å². The highest BCUT2D eigenvalue weighted by Crippen LogP contribution is 2.31. The van der Waals surface area contributed by atoms with Crippen molar-refractivity contribution in [3.8, 4) is 0 Å². The van der Waals surface area contributed by atoms with Gasteiger partial charge in [-0.1, -0.05) is 0 Å². The molecule has 1 amide bonds. The summed E-state index contributed by atoms with van der Waals surface area (Å²) in [5, 5.41) is 9.03. The SMILES string of the molecule is O=CCC1CCC([C@@H]2CCCN2C(=O)O)O1. The fourth-order valence-electron chi connectivity index (χ4n) is 2.71. The van der Waals surface area contributed by atoms with Crippen LogP contribution < -0.4 is 0 Å². The van der Waals surface area contributed by atoms with E-state index < -0.39 is 6.09 Å². The minimum Gasteiger partial charge on any atom is -0.465 e. The summed E-state index contributed by atoms with van der Waals surface area (Å²) in [7, 11) is 0. The zero-order valence-electron chi connectivity index (χ0n) is 9.17. The standard InChI is InChI=1S/C11H17NO4/c13-7-5-8-3-4-10(16-8)9-2-1-6-12(9)11(14)15/h7-10H,1-6H2,(H,14,15)/t8?,9-,10?/m0/s1. The zero-order valence-corrected chi connectivity index (χ0v) is 9.17. The lowest BCUT2D eigenvalue weighted by Crippen LogP contribution is -2.42. The largest absolute Gasteiger partial charge is 0.465 e. The summed E-state index contributed by atoms with van der Waals surface area (Å²) < 4.78 is 5.73. The first-order valence-electron chi connectivity index (χ1n) is 5.81. The van der Waals surface area contributed by atoms with E-state index in [4.69, 9.17) is 9.84 Å².